The van der Waals surface area contributed by atoms with Crippen molar-refractivity contribution < 1.29 is 18.3 Å². The number of benzene rings is 2. The molecule has 1 saturated heterocycles. The number of para-hydroxylation sites is 2. The number of oxazole rings is 1. The third-order valence-electron chi connectivity index (χ3n) is 5.37. The molecule has 0 bridgehead atoms. The fraction of sp³-hybridized carbons (Fsp3) is 0.391. The van der Waals surface area contributed by atoms with Crippen LogP contribution in [0.4, 0.5) is 9.18 Å². The number of nitrogens with one attached hydrogen (secondary N) is 1. The lowest BCUT2D eigenvalue weighted by Gasteiger charge is -2.30. The van der Waals surface area contributed by atoms with E-state index in [-0.39, 0.29) is 17.8 Å². The van der Waals surface area contributed by atoms with E-state index in [1.807, 2.05) is 29.2 Å². The van der Waals surface area contributed by atoms with Crippen molar-refractivity contribution in [2.24, 2.45) is 0 Å². The van der Waals surface area contributed by atoms with Crippen LogP contribution in [0, 0.1) is 5.82 Å². The summed E-state index contributed by atoms with van der Waals surface area (Å²) < 4.78 is 24.3. The number of urea groups is 1. The van der Waals surface area contributed by atoms with Gasteiger partial charge in [-0.25, -0.2) is 14.2 Å². The predicted octanol–water partition coefficient (Wildman–Crippen LogP) is 4.72. The lowest BCUT2D eigenvalue weighted by atomic mass is 9.97. The molecule has 0 spiro atoms. The fourth-order valence-electron chi connectivity index (χ4n) is 3.65. The van der Waals surface area contributed by atoms with Crippen LogP contribution < -0.4 is 10.1 Å². The standard InChI is InChI=1S/C23H26FN3O3/c24-18-7-9-19(10-8-18)29-16-4-3-13-25-23(28)27-14-11-17(12-15-27)22-26-20-5-1-2-6-21(20)30-22/h1-2,5-10,17H,3-4,11-16H2,(H,25,28). The number of likely N-dealkylation sites (tertiary alicyclic amines) is 1. The number of hydrogen-bond acceptors (Lipinski definition) is 4. The maximum atomic E-state index is 12.8. The van der Waals surface area contributed by atoms with E-state index in [0.29, 0.717) is 32.0 Å². The third kappa shape index (κ3) is 5.09. The molecule has 1 aliphatic rings. The second-order valence-electron chi connectivity index (χ2n) is 7.52. The monoisotopic (exact) mass is 411 g/mol. The number of carbonyl (C=O) groups is 1. The van der Waals surface area contributed by atoms with E-state index in [4.69, 9.17) is 9.15 Å². The number of amides is 2. The van der Waals surface area contributed by atoms with E-state index in [1.54, 1.807) is 12.1 Å². The Kier molecular flexibility index (Phi) is 6.47. The molecule has 1 aliphatic heterocycles. The summed E-state index contributed by atoms with van der Waals surface area (Å²) in [5, 5.41) is 2.98. The van der Waals surface area contributed by atoms with Gasteiger partial charge in [0.2, 0.25) is 0 Å². The molecular formula is C23H26FN3O3. The molecule has 4 rings (SSSR count). The average molecular weight is 411 g/mol. The number of fused-ring (bicyclic) bond motifs is 1. The molecule has 1 fully saturated rings. The number of halogens is 1. The zero-order chi connectivity index (χ0) is 20.8. The number of hydrogen-bond donors (Lipinski definition) is 1. The third-order valence-corrected chi connectivity index (χ3v) is 5.37. The number of piperidine rings is 1. The van der Waals surface area contributed by atoms with Crippen LogP contribution in [0.2, 0.25) is 0 Å². The Bertz CT molecular complexity index is 932. The number of nitrogens with zero attached hydrogens (tertiary/aromatic N) is 2. The summed E-state index contributed by atoms with van der Waals surface area (Å²) in [5.74, 6) is 1.41. The Hall–Kier alpha value is -3.09. The largest absolute Gasteiger partial charge is 0.494 e. The number of aromatic nitrogens is 1. The fourth-order valence-corrected chi connectivity index (χ4v) is 3.65. The van der Waals surface area contributed by atoms with E-state index in [1.165, 1.54) is 12.1 Å². The van der Waals surface area contributed by atoms with Crippen molar-refractivity contribution in [2.75, 3.05) is 26.2 Å². The number of carbonyl (C=O) groups excluding carboxylic acids is 1. The van der Waals surface area contributed by atoms with Crippen molar-refractivity contribution in [3.63, 3.8) is 0 Å². The van der Waals surface area contributed by atoms with E-state index in [0.717, 1.165) is 42.7 Å². The average Bonchev–Trinajstić information content (AvgIpc) is 3.22. The summed E-state index contributed by atoms with van der Waals surface area (Å²) >= 11 is 0. The Balaban J connectivity index is 1.13. The maximum Gasteiger partial charge on any atom is 0.317 e. The summed E-state index contributed by atoms with van der Waals surface area (Å²) in [6.07, 6.45) is 3.35. The molecule has 6 nitrogen and oxygen atoms in total. The van der Waals surface area contributed by atoms with Crippen LogP contribution in [0.5, 0.6) is 5.75 Å². The van der Waals surface area contributed by atoms with Crippen LogP contribution in [0.1, 0.15) is 37.5 Å². The molecule has 2 amide bonds. The molecule has 0 atom stereocenters. The molecule has 0 unspecified atom stereocenters. The summed E-state index contributed by atoms with van der Waals surface area (Å²) in [6, 6.07) is 13.7. The van der Waals surface area contributed by atoms with Crippen molar-refractivity contribution in [1.29, 1.82) is 0 Å². The quantitative estimate of drug-likeness (QED) is 0.572. The number of ether oxygens (including phenoxy) is 1. The van der Waals surface area contributed by atoms with Crippen molar-refractivity contribution in [3.8, 4) is 5.75 Å². The predicted molar refractivity (Wildman–Crippen MR) is 112 cm³/mol. The molecule has 2 heterocycles. The molecule has 1 aromatic heterocycles. The van der Waals surface area contributed by atoms with E-state index in [2.05, 4.69) is 10.3 Å². The molecule has 2 aromatic carbocycles. The van der Waals surface area contributed by atoms with Gasteiger partial charge in [-0.2, -0.15) is 0 Å². The molecule has 158 valence electrons. The highest BCUT2D eigenvalue weighted by atomic mass is 19.1. The van der Waals surface area contributed by atoms with Gasteiger partial charge in [-0.05, 0) is 62.1 Å². The molecule has 0 saturated carbocycles. The number of unbranched alkanes of at least 4 members (excludes halogenated alkanes) is 1. The van der Waals surface area contributed by atoms with Crippen molar-refractivity contribution in [3.05, 3.63) is 60.2 Å². The van der Waals surface area contributed by atoms with E-state index < -0.39 is 0 Å². The molecule has 0 radical (unpaired) electrons. The lowest BCUT2D eigenvalue weighted by molar-refractivity contribution is 0.177. The van der Waals surface area contributed by atoms with Gasteiger partial charge in [-0.1, -0.05) is 12.1 Å². The minimum absolute atomic E-state index is 0.0227. The van der Waals surface area contributed by atoms with Crippen LogP contribution in [-0.4, -0.2) is 42.2 Å². The molecule has 3 aromatic rings. The Morgan fingerprint density at radius 3 is 2.67 bits per heavy atom. The molecule has 1 N–H and O–H groups in total. The maximum absolute atomic E-state index is 12.8. The van der Waals surface area contributed by atoms with E-state index >= 15 is 0 Å². The van der Waals surface area contributed by atoms with Gasteiger partial charge in [0, 0.05) is 25.6 Å². The Morgan fingerprint density at radius 1 is 1.13 bits per heavy atom. The molecular weight excluding hydrogens is 385 g/mol. The van der Waals surface area contributed by atoms with Gasteiger partial charge in [0.1, 0.15) is 17.1 Å². The normalized spacial score (nSPS) is 14.8. The van der Waals surface area contributed by atoms with Gasteiger partial charge in [-0.3, -0.25) is 0 Å². The smallest absolute Gasteiger partial charge is 0.317 e. The van der Waals surface area contributed by atoms with Gasteiger partial charge < -0.3 is 19.4 Å². The van der Waals surface area contributed by atoms with Crippen LogP contribution in [0.15, 0.2) is 52.9 Å². The lowest BCUT2D eigenvalue weighted by Crippen LogP contribution is -2.44. The first-order valence-corrected chi connectivity index (χ1v) is 10.5. The molecule has 7 heteroatoms. The minimum Gasteiger partial charge on any atom is -0.494 e. The summed E-state index contributed by atoms with van der Waals surface area (Å²) in [4.78, 5) is 18.8. The molecule has 30 heavy (non-hydrogen) atoms. The van der Waals surface area contributed by atoms with Crippen molar-refractivity contribution >= 4 is 17.1 Å². The van der Waals surface area contributed by atoms with Gasteiger partial charge >= 0.3 is 6.03 Å². The molecule has 0 aliphatic carbocycles. The minimum atomic E-state index is -0.275. The first kappa shape index (κ1) is 20.2. The van der Waals surface area contributed by atoms with Crippen LogP contribution in [0.3, 0.4) is 0 Å². The number of rotatable bonds is 7. The zero-order valence-corrected chi connectivity index (χ0v) is 16.9. The highest BCUT2D eigenvalue weighted by Gasteiger charge is 2.26. The van der Waals surface area contributed by atoms with Crippen LogP contribution in [0.25, 0.3) is 11.1 Å². The van der Waals surface area contributed by atoms with Crippen LogP contribution in [-0.2, 0) is 0 Å². The second-order valence-corrected chi connectivity index (χ2v) is 7.52. The van der Waals surface area contributed by atoms with Crippen LogP contribution >= 0.6 is 0 Å². The Labute approximate surface area is 175 Å². The Morgan fingerprint density at radius 2 is 1.90 bits per heavy atom. The first-order valence-electron chi connectivity index (χ1n) is 10.5. The highest BCUT2D eigenvalue weighted by molar-refractivity contribution is 5.74. The van der Waals surface area contributed by atoms with Gasteiger partial charge in [0.25, 0.3) is 0 Å². The summed E-state index contributed by atoms with van der Waals surface area (Å²) in [6.45, 7) is 2.54. The first-order chi connectivity index (χ1) is 14.7. The van der Waals surface area contributed by atoms with E-state index in [9.17, 15) is 9.18 Å². The van der Waals surface area contributed by atoms with Gasteiger partial charge in [0.05, 0.1) is 6.61 Å². The summed E-state index contributed by atoms with van der Waals surface area (Å²) in [5.41, 5.74) is 1.70. The highest BCUT2D eigenvalue weighted by Crippen LogP contribution is 2.29. The van der Waals surface area contributed by atoms with Crippen molar-refractivity contribution in [1.82, 2.24) is 15.2 Å². The topological polar surface area (TPSA) is 67.6 Å². The second kappa shape index (κ2) is 9.61. The van der Waals surface area contributed by atoms with Crippen molar-refractivity contribution in [2.45, 2.75) is 31.6 Å². The summed E-state index contributed by atoms with van der Waals surface area (Å²) in [7, 11) is 0. The zero-order valence-electron chi connectivity index (χ0n) is 16.9. The van der Waals surface area contributed by atoms with Gasteiger partial charge in [-0.15, -0.1) is 0 Å². The SMILES string of the molecule is O=C(NCCCCOc1ccc(F)cc1)N1CCC(c2nc3ccccc3o2)CC1. The van der Waals surface area contributed by atoms with Gasteiger partial charge in [0.15, 0.2) is 11.5 Å².